The van der Waals surface area contributed by atoms with Gasteiger partial charge in [0, 0.05) is 0 Å². The van der Waals surface area contributed by atoms with Crippen molar-refractivity contribution < 1.29 is 0 Å². The highest BCUT2D eigenvalue weighted by Gasteiger charge is 2.20. The number of hydrogen-bond acceptors (Lipinski definition) is 0. The van der Waals surface area contributed by atoms with E-state index in [1.54, 1.807) is 5.57 Å². The van der Waals surface area contributed by atoms with Crippen LogP contribution in [0.1, 0.15) is 78.1 Å². The van der Waals surface area contributed by atoms with Gasteiger partial charge in [0.2, 0.25) is 0 Å². The van der Waals surface area contributed by atoms with Crippen LogP contribution in [0.2, 0.25) is 0 Å². The van der Waals surface area contributed by atoms with E-state index in [9.17, 15) is 0 Å². The molecule has 18 heavy (non-hydrogen) atoms. The van der Waals surface area contributed by atoms with Gasteiger partial charge in [0.25, 0.3) is 0 Å². The minimum atomic E-state index is 0.728. The van der Waals surface area contributed by atoms with Crippen molar-refractivity contribution in [2.45, 2.75) is 78.1 Å². The molecule has 1 saturated carbocycles. The van der Waals surface area contributed by atoms with Crippen LogP contribution in [0.4, 0.5) is 0 Å². The topological polar surface area (TPSA) is 0 Å². The van der Waals surface area contributed by atoms with Gasteiger partial charge in [-0.2, -0.15) is 0 Å². The van der Waals surface area contributed by atoms with Gasteiger partial charge >= 0.3 is 0 Å². The summed E-state index contributed by atoms with van der Waals surface area (Å²) in [5, 5.41) is 0. The normalized spacial score (nSPS) is 19.8. The van der Waals surface area contributed by atoms with E-state index in [0.717, 1.165) is 11.8 Å². The highest BCUT2D eigenvalue weighted by molar-refractivity contribution is 5.01. The van der Waals surface area contributed by atoms with Crippen molar-refractivity contribution in [2.24, 2.45) is 11.8 Å². The van der Waals surface area contributed by atoms with Gasteiger partial charge in [-0.15, -0.1) is 6.58 Å². The summed E-state index contributed by atoms with van der Waals surface area (Å²) < 4.78 is 0. The van der Waals surface area contributed by atoms with Crippen LogP contribution >= 0.6 is 0 Å². The van der Waals surface area contributed by atoms with Crippen LogP contribution in [0.5, 0.6) is 0 Å². The van der Waals surface area contributed by atoms with Gasteiger partial charge in [-0.25, -0.2) is 0 Å². The van der Waals surface area contributed by atoms with Crippen molar-refractivity contribution in [3.8, 4) is 0 Å². The summed E-state index contributed by atoms with van der Waals surface area (Å²) in [4.78, 5) is 0. The fourth-order valence-electron chi connectivity index (χ4n) is 3.14. The van der Waals surface area contributed by atoms with E-state index in [0.29, 0.717) is 0 Å². The Hall–Kier alpha value is -0.520. The maximum absolute atomic E-state index is 4.06. The quantitative estimate of drug-likeness (QED) is 0.350. The Kier molecular flexibility index (Phi) is 8.13. The van der Waals surface area contributed by atoms with Crippen molar-refractivity contribution in [3.63, 3.8) is 0 Å². The zero-order valence-electron chi connectivity index (χ0n) is 12.6. The third kappa shape index (κ3) is 5.89. The zero-order valence-corrected chi connectivity index (χ0v) is 12.6. The second-order valence-corrected chi connectivity index (χ2v) is 6.04. The molecule has 1 fully saturated rings. The third-order valence-corrected chi connectivity index (χ3v) is 4.47. The van der Waals surface area contributed by atoms with Gasteiger partial charge in [-0.1, -0.05) is 56.8 Å². The number of hydrogen-bond donors (Lipinski definition) is 0. The maximum atomic E-state index is 4.06. The molecule has 104 valence electrons. The Bertz CT molecular complexity index is 243. The van der Waals surface area contributed by atoms with E-state index < -0.39 is 0 Å². The number of unbranched alkanes of at least 4 members (excludes halogenated alkanes) is 2. The highest BCUT2D eigenvalue weighted by atomic mass is 14.2. The lowest BCUT2D eigenvalue weighted by Gasteiger charge is -2.27. The van der Waals surface area contributed by atoms with E-state index in [-0.39, 0.29) is 0 Å². The molecule has 0 N–H and O–H groups in total. The van der Waals surface area contributed by atoms with Crippen molar-refractivity contribution >= 4 is 0 Å². The smallest absolute Gasteiger partial charge is 0.0173 e. The maximum Gasteiger partial charge on any atom is -0.0173 e. The predicted molar refractivity (Wildman–Crippen MR) is 82.8 cm³/mol. The Labute approximate surface area is 115 Å². The van der Waals surface area contributed by atoms with Crippen LogP contribution in [0, 0.1) is 11.8 Å². The average molecular weight is 248 g/mol. The van der Waals surface area contributed by atoms with Crippen LogP contribution in [0.15, 0.2) is 24.3 Å². The largest absolute Gasteiger partial charge is 0.103 e. The molecule has 0 aliphatic heterocycles. The van der Waals surface area contributed by atoms with Crippen LogP contribution < -0.4 is 0 Å². The van der Waals surface area contributed by atoms with E-state index in [1.165, 1.54) is 64.2 Å². The molecular formula is C18H32. The average Bonchev–Trinajstić information content (AvgIpc) is 2.41. The summed E-state index contributed by atoms with van der Waals surface area (Å²) in [5.74, 6) is 1.64. The molecule has 0 aromatic rings. The van der Waals surface area contributed by atoms with Crippen LogP contribution in [0.3, 0.4) is 0 Å². The first kappa shape index (κ1) is 15.5. The summed E-state index contributed by atoms with van der Waals surface area (Å²) in [7, 11) is 0. The first-order chi connectivity index (χ1) is 8.77. The van der Waals surface area contributed by atoms with Gasteiger partial charge in [-0.05, 0) is 50.9 Å². The van der Waals surface area contributed by atoms with E-state index in [4.69, 9.17) is 0 Å². The van der Waals surface area contributed by atoms with Crippen LogP contribution in [0.25, 0.3) is 0 Å². The van der Waals surface area contributed by atoms with Crippen molar-refractivity contribution in [1.29, 1.82) is 0 Å². The molecule has 0 nitrogen and oxygen atoms in total. The molecule has 0 heterocycles. The van der Waals surface area contributed by atoms with Gasteiger partial charge in [-0.3, -0.25) is 0 Å². The molecule has 0 amide bonds. The van der Waals surface area contributed by atoms with Gasteiger partial charge < -0.3 is 0 Å². The minimum absolute atomic E-state index is 0.728. The molecule has 0 heteroatoms. The molecule has 0 radical (unpaired) electrons. The Balaban J connectivity index is 2.32. The van der Waals surface area contributed by atoms with Gasteiger partial charge in [0.1, 0.15) is 0 Å². The summed E-state index contributed by atoms with van der Waals surface area (Å²) >= 11 is 0. The van der Waals surface area contributed by atoms with Crippen molar-refractivity contribution in [3.05, 3.63) is 24.3 Å². The lowest BCUT2D eigenvalue weighted by atomic mass is 9.78. The second-order valence-electron chi connectivity index (χ2n) is 6.04. The molecule has 1 atom stereocenters. The fourth-order valence-corrected chi connectivity index (χ4v) is 3.14. The monoisotopic (exact) mass is 248 g/mol. The third-order valence-electron chi connectivity index (χ3n) is 4.47. The predicted octanol–water partition coefficient (Wildman–Crippen LogP) is 6.29. The molecule has 0 aromatic heterocycles. The van der Waals surface area contributed by atoms with E-state index in [1.807, 2.05) is 0 Å². The van der Waals surface area contributed by atoms with Crippen LogP contribution in [-0.4, -0.2) is 0 Å². The molecular weight excluding hydrogens is 216 g/mol. The highest BCUT2D eigenvalue weighted by Crippen LogP contribution is 2.32. The van der Waals surface area contributed by atoms with E-state index in [2.05, 4.69) is 32.6 Å². The summed E-state index contributed by atoms with van der Waals surface area (Å²) in [5.41, 5.74) is 1.59. The molecule has 1 rings (SSSR count). The van der Waals surface area contributed by atoms with Crippen LogP contribution in [-0.2, 0) is 0 Å². The molecule has 0 bridgehead atoms. The van der Waals surface area contributed by atoms with Gasteiger partial charge in [0.15, 0.2) is 0 Å². The first-order valence-corrected chi connectivity index (χ1v) is 8.06. The zero-order chi connectivity index (χ0) is 13.2. The standard InChI is InChI=1S/C18H32/c1-4-6-8-11-16(3)14-15-17(5-2)18-12-9-7-10-13-18/h5,14,17-18H,2,4,6-13,15H2,1,3H3. The van der Waals surface area contributed by atoms with Crippen molar-refractivity contribution in [2.75, 3.05) is 0 Å². The minimum Gasteiger partial charge on any atom is -0.103 e. The van der Waals surface area contributed by atoms with E-state index >= 15 is 0 Å². The number of allylic oxidation sites excluding steroid dienone is 3. The molecule has 0 aromatic carbocycles. The Morgan fingerprint density at radius 3 is 2.56 bits per heavy atom. The Morgan fingerprint density at radius 2 is 1.94 bits per heavy atom. The second kappa shape index (κ2) is 9.42. The SMILES string of the molecule is C=CC(CC=C(C)CCCCC)C1CCCCC1. The lowest BCUT2D eigenvalue weighted by molar-refractivity contribution is 0.287. The molecule has 0 spiro atoms. The van der Waals surface area contributed by atoms with Crippen molar-refractivity contribution in [1.82, 2.24) is 0 Å². The summed E-state index contributed by atoms with van der Waals surface area (Å²) in [6.45, 7) is 8.64. The fraction of sp³-hybridized carbons (Fsp3) is 0.778. The Morgan fingerprint density at radius 1 is 1.22 bits per heavy atom. The van der Waals surface area contributed by atoms with Gasteiger partial charge in [0.05, 0.1) is 0 Å². The molecule has 1 aliphatic carbocycles. The lowest BCUT2D eigenvalue weighted by Crippen LogP contribution is -2.15. The first-order valence-electron chi connectivity index (χ1n) is 8.06. The molecule has 0 saturated heterocycles. The molecule has 1 aliphatic rings. The molecule has 1 unspecified atom stereocenters. The summed E-state index contributed by atoms with van der Waals surface area (Å²) in [6, 6.07) is 0. The number of rotatable bonds is 8. The summed E-state index contributed by atoms with van der Waals surface area (Å²) in [6.07, 6.45) is 18.5.